The van der Waals surface area contributed by atoms with Crippen LogP contribution >= 0.6 is 0 Å². The normalized spacial score (nSPS) is 26.3. The highest BCUT2D eigenvalue weighted by Gasteiger charge is 2.33. The minimum Gasteiger partial charge on any atom is -0.480 e. The lowest BCUT2D eigenvalue weighted by Crippen LogP contribution is -2.47. The van der Waals surface area contributed by atoms with Crippen LogP contribution in [0.5, 0.6) is 0 Å². The molecular weight excluding hydrogens is 234 g/mol. The number of carboxylic acids is 1. The predicted octanol–water partition coefficient (Wildman–Crippen LogP) is -0.542. The predicted molar refractivity (Wildman–Crippen MR) is 68.3 cm³/mol. The van der Waals surface area contributed by atoms with Crippen LogP contribution in [0.3, 0.4) is 0 Å². The highest BCUT2D eigenvalue weighted by atomic mass is 16.4. The summed E-state index contributed by atoms with van der Waals surface area (Å²) in [6.45, 7) is 5.58. The summed E-state index contributed by atoms with van der Waals surface area (Å²) in [4.78, 5) is 26.3. The summed E-state index contributed by atoms with van der Waals surface area (Å²) in [5, 5.41) is 11.5. The molecule has 1 saturated heterocycles. The number of carbonyl (C=O) groups excluding carboxylic acids is 1. The van der Waals surface area contributed by atoms with Gasteiger partial charge in [-0.1, -0.05) is 6.92 Å². The van der Waals surface area contributed by atoms with Crippen molar-refractivity contribution in [2.45, 2.75) is 25.9 Å². The quantitative estimate of drug-likeness (QED) is 0.692. The molecule has 0 bridgehead atoms. The lowest BCUT2D eigenvalue weighted by atomic mass is 10.1. The molecule has 1 fully saturated rings. The number of carbonyl (C=O) groups is 2. The zero-order valence-electron chi connectivity index (χ0n) is 11.5. The van der Waals surface area contributed by atoms with Gasteiger partial charge in [0.25, 0.3) is 0 Å². The van der Waals surface area contributed by atoms with Crippen molar-refractivity contribution in [2.24, 2.45) is 5.92 Å². The average Bonchev–Trinajstić information content (AvgIpc) is 2.57. The molecule has 6 heteroatoms. The van der Waals surface area contributed by atoms with E-state index in [2.05, 4.69) is 22.0 Å². The highest BCUT2D eigenvalue weighted by molar-refractivity contribution is 5.82. The molecule has 0 aromatic rings. The van der Waals surface area contributed by atoms with Crippen LogP contribution in [0.15, 0.2) is 0 Å². The van der Waals surface area contributed by atoms with E-state index < -0.39 is 12.0 Å². The van der Waals surface area contributed by atoms with Crippen molar-refractivity contribution in [1.29, 1.82) is 0 Å². The average molecular weight is 257 g/mol. The van der Waals surface area contributed by atoms with Crippen LogP contribution in [0, 0.1) is 5.92 Å². The summed E-state index contributed by atoms with van der Waals surface area (Å²) < 4.78 is 0. The lowest BCUT2D eigenvalue weighted by Gasteiger charge is -2.23. The second kappa shape index (κ2) is 6.15. The number of aliphatic carboxylic acids is 1. The molecule has 0 spiro atoms. The Bertz CT molecular complexity index is 320. The number of rotatable bonds is 5. The molecule has 0 saturated carbocycles. The molecule has 3 atom stereocenters. The van der Waals surface area contributed by atoms with E-state index in [0.29, 0.717) is 18.5 Å². The van der Waals surface area contributed by atoms with Gasteiger partial charge in [-0.05, 0) is 20.0 Å². The number of likely N-dealkylation sites (tertiary alicyclic amines) is 1. The van der Waals surface area contributed by atoms with Crippen LogP contribution in [0.25, 0.3) is 0 Å². The van der Waals surface area contributed by atoms with E-state index >= 15 is 0 Å². The van der Waals surface area contributed by atoms with Crippen molar-refractivity contribution in [1.82, 2.24) is 15.1 Å². The van der Waals surface area contributed by atoms with E-state index in [1.807, 2.05) is 14.1 Å². The fraction of sp³-hybridized carbons (Fsp3) is 0.833. The molecule has 0 aliphatic carbocycles. The molecule has 1 aliphatic heterocycles. The molecular formula is C12H23N3O3. The first-order valence-electron chi connectivity index (χ1n) is 6.20. The van der Waals surface area contributed by atoms with Gasteiger partial charge >= 0.3 is 5.97 Å². The fourth-order valence-corrected chi connectivity index (χ4v) is 2.56. The van der Waals surface area contributed by atoms with E-state index in [9.17, 15) is 9.59 Å². The van der Waals surface area contributed by atoms with Crippen LogP contribution in [0.4, 0.5) is 0 Å². The largest absolute Gasteiger partial charge is 0.480 e. The number of hydrogen-bond acceptors (Lipinski definition) is 4. The van der Waals surface area contributed by atoms with Gasteiger partial charge in [-0.25, -0.2) is 4.79 Å². The van der Waals surface area contributed by atoms with Crippen LogP contribution in [-0.4, -0.2) is 72.6 Å². The lowest BCUT2D eigenvalue weighted by molar-refractivity contribution is -0.142. The number of amides is 1. The number of hydrogen-bond donors (Lipinski definition) is 2. The second-order valence-electron chi connectivity index (χ2n) is 5.32. The van der Waals surface area contributed by atoms with E-state index in [1.165, 1.54) is 6.92 Å². The van der Waals surface area contributed by atoms with Gasteiger partial charge in [-0.3, -0.25) is 9.69 Å². The monoisotopic (exact) mass is 257 g/mol. The summed E-state index contributed by atoms with van der Waals surface area (Å²) in [6, 6.07) is -0.382. The Morgan fingerprint density at radius 1 is 1.44 bits per heavy atom. The number of carboxylic acid groups (broad SMARTS) is 1. The Kier molecular flexibility index (Phi) is 5.10. The van der Waals surface area contributed by atoms with E-state index in [0.717, 1.165) is 13.1 Å². The molecule has 3 unspecified atom stereocenters. The summed E-state index contributed by atoms with van der Waals surface area (Å²) in [5.74, 6) is -0.781. The molecule has 0 aromatic heterocycles. The van der Waals surface area contributed by atoms with Crippen LogP contribution < -0.4 is 5.32 Å². The first kappa shape index (κ1) is 14.9. The van der Waals surface area contributed by atoms with Gasteiger partial charge in [0.1, 0.15) is 6.04 Å². The molecule has 0 radical (unpaired) electrons. The zero-order chi connectivity index (χ0) is 13.9. The molecule has 18 heavy (non-hydrogen) atoms. The molecule has 6 nitrogen and oxygen atoms in total. The molecule has 1 heterocycles. The Hall–Kier alpha value is -1.14. The van der Waals surface area contributed by atoms with Crippen molar-refractivity contribution < 1.29 is 14.7 Å². The van der Waals surface area contributed by atoms with E-state index in [1.54, 1.807) is 0 Å². The molecule has 1 rings (SSSR count). The van der Waals surface area contributed by atoms with Crippen LogP contribution in [-0.2, 0) is 9.59 Å². The number of likely N-dealkylation sites (N-methyl/N-ethyl adjacent to an activating group) is 1. The Morgan fingerprint density at radius 2 is 2.06 bits per heavy atom. The molecule has 104 valence electrons. The third-order valence-corrected chi connectivity index (χ3v) is 3.43. The summed E-state index contributed by atoms with van der Waals surface area (Å²) >= 11 is 0. The van der Waals surface area contributed by atoms with Crippen LogP contribution in [0.2, 0.25) is 0 Å². The summed E-state index contributed by atoms with van der Waals surface area (Å²) in [6.07, 6.45) is 0. The fourth-order valence-electron chi connectivity index (χ4n) is 2.56. The van der Waals surface area contributed by atoms with E-state index in [4.69, 9.17) is 5.11 Å². The van der Waals surface area contributed by atoms with Gasteiger partial charge in [0.15, 0.2) is 0 Å². The topological polar surface area (TPSA) is 72.9 Å². The first-order chi connectivity index (χ1) is 8.31. The maximum atomic E-state index is 11.1. The molecule has 1 aliphatic rings. The highest BCUT2D eigenvalue weighted by Crippen LogP contribution is 2.19. The van der Waals surface area contributed by atoms with Crippen molar-refractivity contribution in [2.75, 3.05) is 33.7 Å². The van der Waals surface area contributed by atoms with Gasteiger partial charge in [0.05, 0.1) is 0 Å². The van der Waals surface area contributed by atoms with Crippen molar-refractivity contribution in [3.8, 4) is 0 Å². The van der Waals surface area contributed by atoms with E-state index in [-0.39, 0.29) is 5.91 Å². The Balaban J connectivity index is 2.56. The Morgan fingerprint density at radius 3 is 2.44 bits per heavy atom. The van der Waals surface area contributed by atoms with Gasteiger partial charge < -0.3 is 15.3 Å². The van der Waals surface area contributed by atoms with Gasteiger partial charge in [0, 0.05) is 32.6 Å². The number of nitrogens with one attached hydrogen (secondary N) is 1. The second-order valence-corrected chi connectivity index (χ2v) is 5.32. The minimum absolute atomic E-state index is 0.307. The van der Waals surface area contributed by atoms with Crippen molar-refractivity contribution in [3.05, 3.63) is 0 Å². The maximum Gasteiger partial charge on any atom is 0.327 e. The molecule has 1 amide bonds. The Labute approximate surface area is 108 Å². The molecule has 0 aromatic carbocycles. The van der Waals surface area contributed by atoms with Crippen molar-refractivity contribution >= 4 is 11.9 Å². The van der Waals surface area contributed by atoms with Crippen LogP contribution in [0.1, 0.15) is 13.8 Å². The summed E-state index contributed by atoms with van der Waals surface area (Å²) in [7, 11) is 4.07. The zero-order valence-corrected chi connectivity index (χ0v) is 11.5. The molecule has 2 N–H and O–H groups in total. The smallest absolute Gasteiger partial charge is 0.327 e. The van der Waals surface area contributed by atoms with Crippen molar-refractivity contribution in [3.63, 3.8) is 0 Å². The summed E-state index contributed by atoms with van der Waals surface area (Å²) in [5.41, 5.74) is 0. The third-order valence-electron chi connectivity index (χ3n) is 3.43. The maximum absolute atomic E-state index is 11.1. The first-order valence-corrected chi connectivity index (χ1v) is 6.20. The SMILES string of the molecule is CC(=O)NC(CN1CC(C)C(N(C)C)C1)C(=O)O. The standard InChI is InChI=1S/C12H23N3O3/c1-8-5-15(7-11(8)14(3)4)6-10(12(17)18)13-9(2)16/h8,10-11H,5-7H2,1-4H3,(H,13,16)(H,17,18). The van der Waals surface area contributed by atoms with Gasteiger partial charge in [0.2, 0.25) is 5.91 Å². The third kappa shape index (κ3) is 3.96. The van der Waals surface area contributed by atoms with Gasteiger partial charge in [-0.15, -0.1) is 0 Å². The van der Waals surface area contributed by atoms with Gasteiger partial charge in [-0.2, -0.15) is 0 Å². The number of nitrogens with zero attached hydrogens (tertiary/aromatic N) is 2. The minimum atomic E-state index is -0.980.